The van der Waals surface area contributed by atoms with Crippen LogP contribution in [-0.2, 0) is 0 Å². The summed E-state index contributed by atoms with van der Waals surface area (Å²) in [7, 11) is 0. The maximum atomic E-state index is 13.1. The molecule has 0 aliphatic heterocycles. The Morgan fingerprint density at radius 2 is 2.00 bits per heavy atom. The van der Waals surface area contributed by atoms with E-state index in [0.717, 1.165) is 14.8 Å². The van der Waals surface area contributed by atoms with Gasteiger partial charge in [-0.15, -0.1) is 0 Å². The molecule has 0 saturated carbocycles. The Labute approximate surface area is 136 Å². The van der Waals surface area contributed by atoms with Gasteiger partial charge in [-0.1, -0.05) is 25.4 Å². The van der Waals surface area contributed by atoms with E-state index in [2.05, 4.69) is 37.9 Å². The number of rotatable bonds is 3. The van der Waals surface area contributed by atoms with Gasteiger partial charge in [0.05, 0.1) is 5.69 Å². The monoisotopic (exact) mass is 405 g/mol. The summed E-state index contributed by atoms with van der Waals surface area (Å²) in [6, 6.07) is 4.55. The third-order valence-electron chi connectivity index (χ3n) is 2.80. The number of benzene rings is 1. The molecule has 20 heavy (non-hydrogen) atoms. The van der Waals surface area contributed by atoms with Gasteiger partial charge in [-0.25, -0.2) is 14.4 Å². The average molecular weight is 406 g/mol. The fourth-order valence-corrected chi connectivity index (χ4v) is 2.39. The zero-order valence-corrected chi connectivity index (χ0v) is 14.3. The standard InChI is InChI=1S/C14H14ClFIN3/c1-7(2)13-19-12(15)8(3)14(20-13)18-11-5-4-9(16)6-10(11)17/h4-7H,1-3H3,(H,18,19,20). The molecule has 2 rings (SSSR count). The minimum absolute atomic E-state index is 0.181. The van der Waals surface area contributed by atoms with Crippen LogP contribution in [0.15, 0.2) is 18.2 Å². The second-order valence-corrected chi connectivity index (χ2v) is 6.27. The van der Waals surface area contributed by atoms with E-state index < -0.39 is 0 Å². The van der Waals surface area contributed by atoms with Crippen LogP contribution in [0.3, 0.4) is 0 Å². The molecule has 1 aromatic carbocycles. The SMILES string of the molecule is Cc1c(Cl)nc(C(C)C)nc1Nc1ccc(F)cc1I. The van der Waals surface area contributed by atoms with Gasteiger partial charge in [0.25, 0.3) is 0 Å². The number of hydrogen-bond donors (Lipinski definition) is 1. The van der Waals surface area contributed by atoms with Gasteiger partial charge in [0.15, 0.2) is 0 Å². The summed E-state index contributed by atoms with van der Waals surface area (Å²) in [5, 5.41) is 3.63. The van der Waals surface area contributed by atoms with Gasteiger partial charge in [-0.3, -0.25) is 0 Å². The highest BCUT2D eigenvalue weighted by molar-refractivity contribution is 14.1. The van der Waals surface area contributed by atoms with Crippen LogP contribution in [0.4, 0.5) is 15.9 Å². The highest BCUT2D eigenvalue weighted by Gasteiger charge is 2.13. The molecule has 6 heteroatoms. The largest absolute Gasteiger partial charge is 0.339 e. The number of halogens is 3. The first-order valence-corrected chi connectivity index (χ1v) is 7.60. The zero-order valence-electron chi connectivity index (χ0n) is 11.3. The van der Waals surface area contributed by atoms with Crippen molar-refractivity contribution in [2.45, 2.75) is 26.7 Å². The molecule has 0 aliphatic carbocycles. The maximum Gasteiger partial charge on any atom is 0.138 e. The number of nitrogens with zero attached hydrogens (tertiary/aromatic N) is 2. The van der Waals surface area contributed by atoms with E-state index >= 15 is 0 Å². The smallest absolute Gasteiger partial charge is 0.138 e. The van der Waals surface area contributed by atoms with Gasteiger partial charge in [-0.2, -0.15) is 0 Å². The van der Waals surface area contributed by atoms with Gasteiger partial charge in [0, 0.05) is 15.1 Å². The Kier molecular flexibility index (Phi) is 4.80. The third kappa shape index (κ3) is 3.38. The summed E-state index contributed by atoms with van der Waals surface area (Å²) in [5.74, 6) is 1.25. The molecular formula is C14H14ClFIN3. The van der Waals surface area contributed by atoms with Crippen LogP contribution < -0.4 is 5.32 Å². The van der Waals surface area contributed by atoms with E-state index in [0.29, 0.717) is 16.8 Å². The average Bonchev–Trinajstić information content (AvgIpc) is 2.37. The fraction of sp³-hybridized carbons (Fsp3) is 0.286. The molecular weight excluding hydrogens is 392 g/mol. The lowest BCUT2D eigenvalue weighted by Gasteiger charge is -2.14. The van der Waals surface area contributed by atoms with Gasteiger partial charge < -0.3 is 5.32 Å². The van der Waals surface area contributed by atoms with Crippen LogP contribution in [0.2, 0.25) is 5.15 Å². The molecule has 0 unspecified atom stereocenters. The Morgan fingerprint density at radius 3 is 2.60 bits per heavy atom. The molecule has 0 spiro atoms. The van der Waals surface area contributed by atoms with E-state index in [1.54, 1.807) is 6.07 Å². The van der Waals surface area contributed by atoms with E-state index in [9.17, 15) is 4.39 Å². The summed E-state index contributed by atoms with van der Waals surface area (Å²) in [4.78, 5) is 8.75. The van der Waals surface area contributed by atoms with Crippen LogP contribution >= 0.6 is 34.2 Å². The summed E-state index contributed by atoms with van der Waals surface area (Å²) < 4.78 is 13.9. The van der Waals surface area contributed by atoms with Crippen molar-refractivity contribution in [2.24, 2.45) is 0 Å². The summed E-state index contributed by atoms with van der Waals surface area (Å²) >= 11 is 8.22. The maximum absolute atomic E-state index is 13.1. The van der Waals surface area contributed by atoms with Crippen molar-refractivity contribution in [2.75, 3.05) is 5.32 Å². The quantitative estimate of drug-likeness (QED) is 0.574. The second-order valence-electron chi connectivity index (χ2n) is 4.75. The number of anilines is 2. The van der Waals surface area contributed by atoms with E-state index in [4.69, 9.17) is 11.6 Å². The molecule has 0 fully saturated rings. The molecule has 0 aliphatic rings. The first-order valence-electron chi connectivity index (χ1n) is 6.14. The first-order chi connectivity index (χ1) is 9.38. The Hall–Kier alpha value is -0.950. The highest BCUT2D eigenvalue weighted by atomic mass is 127. The summed E-state index contributed by atoms with van der Waals surface area (Å²) in [6.45, 7) is 5.87. The molecule has 106 valence electrons. The lowest BCUT2D eigenvalue weighted by Crippen LogP contribution is -2.05. The van der Waals surface area contributed by atoms with E-state index in [-0.39, 0.29) is 11.7 Å². The molecule has 1 N–H and O–H groups in total. The van der Waals surface area contributed by atoms with Crippen molar-refractivity contribution in [1.29, 1.82) is 0 Å². The van der Waals surface area contributed by atoms with Crippen LogP contribution in [0.25, 0.3) is 0 Å². The van der Waals surface area contributed by atoms with Gasteiger partial charge in [0.2, 0.25) is 0 Å². The van der Waals surface area contributed by atoms with E-state index in [1.165, 1.54) is 12.1 Å². The molecule has 0 bridgehead atoms. The minimum atomic E-state index is -0.264. The summed E-state index contributed by atoms with van der Waals surface area (Å²) in [6.07, 6.45) is 0. The zero-order chi connectivity index (χ0) is 14.9. The topological polar surface area (TPSA) is 37.8 Å². The van der Waals surface area contributed by atoms with Crippen LogP contribution in [0.1, 0.15) is 31.2 Å². The molecule has 0 saturated heterocycles. The molecule has 1 aromatic heterocycles. The minimum Gasteiger partial charge on any atom is -0.339 e. The van der Waals surface area contributed by atoms with Crippen molar-refractivity contribution >= 4 is 45.7 Å². The van der Waals surface area contributed by atoms with Crippen molar-refractivity contribution in [3.63, 3.8) is 0 Å². The molecule has 0 radical (unpaired) electrons. The molecule has 2 aromatic rings. The van der Waals surface area contributed by atoms with Gasteiger partial charge in [0.1, 0.15) is 22.6 Å². The molecule has 0 atom stereocenters. The number of aromatic nitrogens is 2. The molecule has 0 amide bonds. The van der Waals surface area contributed by atoms with Crippen molar-refractivity contribution in [3.05, 3.63) is 44.1 Å². The summed E-state index contributed by atoms with van der Waals surface area (Å²) in [5.41, 5.74) is 1.57. The third-order valence-corrected chi connectivity index (χ3v) is 4.06. The van der Waals surface area contributed by atoms with Crippen molar-refractivity contribution < 1.29 is 4.39 Å². The van der Waals surface area contributed by atoms with Gasteiger partial charge >= 0.3 is 0 Å². The van der Waals surface area contributed by atoms with Crippen molar-refractivity contribution in [1.82, 2.24) is 9.97 Å². The number of hydrogen-bond acceptors (Lipinski definition) is 3. The highest BCUT2D eigenvalue weighted by Crippen LogP contribution is 2.28. The fourth-order valence-electron chi connectivity index (χ4n) is 1.60. The second kappa shape index (κ2) is 6.22. The van der Waals surface area contributed by atoms with Gasteiger partial charge in [-0.05, 0) is 47.7 Å². The normalized spacial score (nSPS) is 10.9. The Bertz CT molecular complexity index is 647. The Balaban J connectivity index is 2.42. The van der Waals surface area contributed by atoms with Crippen LogP contribution in [-0.4, -0.2) is 9.97 Å². The molecule has 1 heterocycles. The van der Waals surface area contributed by atoms with Crippen molar-refractivity contribution in [3.8, 4) is 0 Å². The lowest BCUT2D eigenvalue weighted by atomic mass is 10.2. The van der Waals surface area contributed by atoms with Crippen LogP contribution in [0.5, 0.6) is 0 Å². The van der Waals surface area contributed by atoms with Crippen LogP contribution in [0, 0.1) is 16.3 Å². The van der Waals surface area contributed by atoms with E-state index in [1.807, 2.05) is 20.8 Å². The number of nitrogens with one attached hydrogen (secondary N) is 1. The lowest BCUT2D eigenvalue weighted by molar-refractivity contribution is 0.627. The first kappa shape index (κ1) is 15.4. The predicted molar refractivity (Wildman–Crippen MR) is 88.3 cm³/mol. The molecule has 3 nitrogen and oxygen atoms in total. The Morgan fingerprint density at radius 1 is 1.30 bits per heavy atom. The predicted octanol–water partition coefficient (Wildman–Crippen LogP) is 5.05.